The van der Waals surface area contributed by atoms with Gasteiger partial charge in [0.15, 0.2) is 6.04 Å². The summed E-state index contributed by atoms with van der Waals surface area (Å²) in [6, 6.07) is 5.76. The molecule has 2 rings (SSSR count). The topological polar surface area (TPSA) is 114 Å². The van der Waals surface area contributed by atoms with Gasteiger partial charge in [-0.25, -0.2) is 13.6 Å². The van der Waals surface area contributed by atoms with Gasteiger partial charge in [-0.05, 0) is 19.1 Å². The van der Waals surface area contributed by atoms with Gasteiger partial charge in [0.1, 0.15) is 6.54 Å². The number of nitrogens with zero attached hydrogens (tertiary/aromatic N) is 1. The lowest BCUT2D eigenvalue weighted by Crippen LogP contribution is -2.90. The minimum absolute atomic E-state index is 0.0514. The van der Waals surface area contributed by atoms with E-state index in [9.17, 15) is 18.0 Å². The first kappa shape index (κ1) is 15.6. The molecule has 114 valence electrons. The molecule has 21 heavy (non-hydrogen) atoms. The van der Waals surface area contributed by atoms with Gasteiger partial charge in [0.25, 0.3) is 5.91 Å². The summed E-state index contributed by atoms with van der Waals surface area (Å²) >= 11 is 0. The molecule has 1 atom stereocenters. The number of carbonyl (C=O) groups excluding carboxylic acids is 2. The van der Waals surface area contributed by atoms with E-state index >= 15 is 0 Å². The van der Waals surface area contributed by atoms with E-state index in [4.69, 9.17) is 5.14 Å². The zero-order valence-corrected chi connectivity index (χ0v) is 12.5. The summed E-state index contributed by atoms with van der Waals surface area (Å²) < 4.78 is 22.3. The maximum absolute atomic E-state index is 11.9. The van der Waals surface area contributed by atoms with E-state index in [2.05, 4.69) is 0 Å². The highest BCUT2D eigenvalue weighted by molar-refractivity contribution is 7.89. The number of imide groups is 1. The summed E-state index contributed by atoms with van der Waals surface area (Å²) in [7, 11) is -3.69. The highest BCUT2D eigenvalue weighted by Crippen LogP contribution is 2.10. The Morgan fingerprint density at radius 1 is 1.29 bits per heavy atom. The second-order valence-electron chi connectivity index (χ2n) is 4.92. The van der Waals surface area contributed by atoms with E-state index < -0.39 is 16.1 Å². The van der Waals surface area contributed by atoms with Crippen LogP contribution in [0.15, 0.2) is 29.2 Å². The van der Waals surface area contributed by atoms with Crippen LogP contribution in [0.3, 0.4) is 0 Å². The van der Waals surface area contributed by atoms with Gasteiger partial charge in [-0.2, -0.15) is 0 Å². The van der Waals surface area contributed by atoms with Crippen LogP contribution in [0.1, 0.15) is 18.9 Å². The molecule has 4 N–H and O–H groups in total. The number of carbonyl (C=O) groups is 2. The molecule has 7 nitrogen and oxygen atoms in total. The molecule has 1 aromatic carbocycles. The minimum atomic E-state index is -3.69. The number of likely N-dealkylation sites (tertiary alicyclic amines) is 1. The summed E-state index contributed by atoms with van der Waals surface area (Å²) in [5.74, 6) is -0.308. The molecule has 1 aromatic rings. The number of rotatable bonds is 5. The number of amides is 2. The Bertz CT molecular complexity index is 654. The maximum atomic E-state index is 11.9. The van der Waals surface area contributed by atoms with Gasteiger partial charge in [0, 0.05) is 12.1 Å². The van der Waals surface area contributed by atoms with Crippen molar-refractivity contribution in [3.8, 4) is 0 Å². The van der Waals surface area contributed by atoms with Crippen molar-refractivity contribution in [3.05, 3.63) is 29.8 Å². The van der Waals surface area contributed by atoms with E-state index in [0.717, 1.165) is 5.56 Å². The molecule has 1 saturated heterocycles. The molecule has 2 amide bonds. The van der Waals surface area contributed by atoms with Gasteiger partial charge in [0.05, 0.1) is 11.3 Å². The monoisotopic (exact) mass is 312 g/mol. The fourth-order valence-electron chi connectivity index (χ4n) is 2.32. The molecular weight excluding hydrogens is 294 g/mol. The summed E-state index contributed by atoms with van der Waals surface area (Å²) in [5, 5.41) is 6.81. The molecule has 1 aliphatic rings. The third kappa shape index (κ3) is 3.46. The van der Waals surface area contributed by atoms with Crippen LogP contribution in [-0.4, -0.2) is 37.7 Å². The van der Waals surface area contributed by atoms with Crippen molar-refractivity contribution in [2.75, 3.05) is 6.54 Å². The molecule has 0 bridgehead atoms. The van der Waals surface area contributed by atoms with E-state index in [1.165, 1.54) is 17.0 Å². The SMILES string of the molecule is CCN1C(=O)C[C@@H]([NH2+]Cc2ccc(S(N)(=O)=O)cc2)C1=O. The van der Waals surface area contributed by atoms with Crippen molar-refractivity contribution in [2.45, 2.75) is 30.8 Å². The number of nitrogens with two attached hydrogens (primary N) is 2. The molecule has 8 heteroatoms. The van der Waals surface area contributed by atoms with Gasteiger partial charge >= 0.3 is 0 Å². The Morgan fingerprint density at radius 2 is 1.90 bits per heavy atom. The molecule has 0 spiro atoms. The van der Waals surface area contributed by atoms with E-state index in [-0.39, 0.29) is 23.1 Å². The Kier molecular flexibility index (Phi) is 4.40. The van der Waals surface area contributed by atoms with Crippen molar-refractivity contribution < 1.29 is 23.3 Å². The van der Waals surface area contributed by atoms with E-state index in [0.29, 0.717) is 13.1 Å². The average Bonchev–Trinajstić information content (AvgIpc) is 2.70. The second-order valence-corrected chi connectivity index (χ2v) is 6.48. The van der Waals surface area contributed by atoms with Crippen molar-refractivity contribution in [2.24, 2.45) is 5.14 Å². The summed E-state index contributed by atoms with van der Waals surface area (Å²) in [6.45, 7) is 2.65. The molecule has 0 radical (unpaired) electrons. The number of hydrogen-bond acceptors (Lipinski definition) is 4. The molecule has 0 aliphatic carbocycles. The lowest BCUT2D eigenvalue weighted by Gasteiger charge is -2.11. The average molecular weight is 312 g/mol. The molecule has 1 heterocycles. The first-order valence-electron chi connectivity index (χ1n) is 6.62. The number of likely N-dealkylation sites (N-methyl/N-ethyl adjacent to an activating group) is 1. The Hall–Kier alpha value is -1.77. The molecule has 1 aliphatic heterocycles. The quantitative estimate of drug-likeness (QED) is 0.647. The van der Waals surface area contributed by atoms with Crippen LogP contribution >= 0.6 is 0 Å². The van der Waals surface area contributed by atoms with E-state index in [1.807, 2.05) is 0 Å². The number of primary sulfonamides is 1. The first-order valence-corrected chi connectivity index (χ1v) is 8.17. The molecule has 0 aromatic heterocycles. The van der Waals surface area contributed by atoms with Crippen molar-refractivity contribution in [3.63, 3.8) is 0 Å². The highest BCUT2D eigenvalue weighted by Gasteiger charge is 2.40. The van der Waals surface area contributed by atoms with Crippen molar-refractivity contribution >= 4 is 21.8 Å². The molecule has 1 fully saturated rings. The first-order chi connectivity index (χ1) is 9.82. The zero-order chi connectivity index (χ0) is 15.6. The predicted octanol–water partition coefficient (Wildman–Crippen LogP) is -1.46. The fourth-order valence-corrected chi connectivity index (χ4v) is 2.83. The Morgan fingerprint density at radius 3 is 2.38 bits per heavy atom. The summed E-state index contributed by atoms with van der Waals surface area (Å²) in [6.07, 6.45) is 0.210. The summed E-state index contributed by atoms with van der Waals surface area (Å²) in [5.41, 5.74) is 0.859. The third-order valence-electron chi connectivity index (χ3n) is 3.48. The van der Waals surface area contributed by atoms with E-state index in [1.54, 1.807) is 24.4 Å². The maximum Gasteiger partial charge on any atom is 0.287 e. The normalized spacial score (nSPS) is 19.3. The summed E-state index contributed by atoms with van der Waals surface area (Å²) in [4.78, 5) is 24.8. The Balaban J connectivity index is 1.98. The molecule has 0 saturated carbocycles. The van der Waals surface area contributed by atoms with Crippen LogP contribution in [0.2, 0.25) is 0 Å². The van der Waals surface area contributed by atoms with Gasteiger partial charge < -0.3 is 5.32 Å². The second kappa shape index (κ2) is 5.92. The lowest BCUT2D eigenvalue weighted by molar-refractivity contribution is -0.690. The van der Waals surface area contributed by atoms with Crippen LogP contribution < -0.4 is 10.5 Å². The number of quaternary nitrogens is 1. The standard InChI is InChI=1S/C13H17N3O4S/c1-2-16-12(17)7-11(13(16)18)15-8-9-3-5-10(6-4-9)21(14,19)20/h3-6,11,15H,2,7-8H2,1H3,(H2,14,19,20)/p+1/t11-/m1/s1. The van der Waals surface area contributed by atoms with Crippen LogP contribution in [0.5, 0.6) is 0 Å². The fraction of sp³-hybridized carbons (Fsp3) is 0.385. The predicted molar refractivity (Wildman–Crippen MR) is 74.2 cm³/mol. The number of benzene rings is 1. The largest absolute Gasteiger partial charge is 0.332 e. The van der Waals surface area contributed by atoms with Gasteiger partial charge in [-0.3, -0.25) is 14.5 Å². The minimum Gasteiger partial charge on any atom is -0.332 e. The number of sulfonamides is 1. The van der Waals surface area contributed by atoms with Gasteiger partial charge in [-0.1, -0.05) is 12.1 Å². The smallest absolute Gasteiger partial charge is 0.287 e. The van der Waals surface area contributed by atoms with Gasteiger partial charge in [-0.15, -0.1) is 0 Å². The van der Waals surface area contributed by atoms with Crippen LogP contribution in [0.4, 0.5) is 0 Å². The highest BCUT2D eigenvalue weighted by atomic mass is 32.2. The Labute approximate surface area is 123 Å². The van der Waals surface area contributed by atoms with Crippen LogP contribution in [0.25, 0.3) is 0 Å². The molecule has 0 unspecified atom stereocenters. The van der Waals surface area contributed by atoms with Gasteiger partial charge in [0.2, 0.25) is 15.9 Å². The molecular formula is C13H18N3O4S+. The third-order valence-corrected chi connectivity index (χ3v) is 4.41. The van der Waals surface area contributed by atoms with Crippen molar-refractivity contribution in [1.82, 2.24) is 4.90 Å². The van der Waals surface area contributed by atoms with Crippen LogP contribution in [-0.2, 0) is 26.2 Å². The van der Waals surface area contributed by atoms with Crippen LogP contribution in [0, 0.1) is 0 Å². The zero-order valence-electron chi connectivity index (χ0n) is 11.7. The van der Waals surface area contributed by atoms with Crippen molar-refractivity contribution in [1.29, 1.82) is 0 Å². The number of hydrogen-bond donors (Lipinski definition) is 2. The lowest BCUT2D eigenvalue weighted by atomic mass is 10.2.